The molecule has 1 aromatic carbocycles. The summed E-state index contributed by atoms with van der Waals surface area (Å²) < 4.78 is 11.1. The number of aromatic nitrogens is 1. The fourth-order valence-electron chi connectivity index (χ4n) is 3.09. The second-order valence-corrected chi connectivity index (χ2v) is 7.43. The third kappa shape index (κ3) is 4.95. The van der Waals surface area contributed by atoms with E-state index in [0.29, 0.717) is 18.9 Å². The van der Waals surface area contributed by atoms with Crippen molar-refractivity contribution in [2.24, 2.45) is 5.92 Å². The summed E-state index contributed by atoms with van der Waals surface area (Å²) in [6.45, 7) is 4.17. The summed E-state index contributed by atoms with van der Waals surface area (Å²) in [6, 6.07) is 7.63. The lowest BCUT2D eigenvalue weighted by Gasteiger charge is -2.32. The van der Waals surface area contributed by atoms with Gasteiger partial charge in [0.15, 0.2) is 0 Å². The zero-order valence-electron chi connectivity index (χ0n) is 14.7. The topological polar surface area (TPSA) is 51.7 Å². The van der Waals surface area contributed by atoms with Crippen molar-refractivity contribution in [3.63, 3.8) is 0 Å². The number of thiazole rings is 1. The van der Waals surface area contributed by atoms with Crippen molar-refractivity contribution < 1.29 is 14.3 Å². The van der Waals surface area contributed by atoms with Gasteiger partial charge in [-0.25, -0.2) is 4.98 Å². The van der Waals surface area contributed by atoms with Crippen molar-refractivity contribution in [2.75, 3.05) is 26.8 Å². The lowest BCUT2D eigenvalue weighted by molar-refractivity contribution is -0.132. The van der Waals surface area contributed by atoms with Gasteiger partial charge in [-0.05, 0) is 31.9 Å². The first-order valence-electron chi connectivity index (χ1n) is 8.59. The highest BCUT2D eigenvalue weighted by atomic mass is 32.1. The smallest absolute Gasteiger partial charge is 0.228 e. The zero-order chi connectivity index (χ0) is 17.6. The molecule has 0 spiro atoms. The van der Waals surface area contributed by atoms with Gasteiger partial charge in [0.05, 0.1) is 30.8 Å². The molecule has 3 rings (SSSR count). The second-order valence-electron chi connectivity index (χ2n) is 6.37. The molecule has 1 fully saturated rings. The summed E-state index contributed by atoms with van der Waals surface area (Å²) in [7, 11) is 1.65. The molecule has 0 unspecified atom stereocenters. The van der Waals surface area contributed by atoms with E-state index in [1.165, 1.54) is 0 Å². The number of carbonyl (C=O) groups excluding carboxylic acids is 1. The number of hydrogen-bond donors (Lipinski definition) is 0. The van der Waals surface area contributed by atoms with Crippen LogP contribution in [0.25, 0.3) is 0 Å². The van der Waals surface area contributed by atoms with E-state index in [0.717, 1.165) is 48.1 Å². The van der Waals surface area contributed by atoms with Crippen molar-refractivity contribution in [3.05, 3.63) is 40.3 Å². The Balaban J connectivity index is 1.51. The first-order chi connectivity index (χ1) is 12.1. The third-order valence-electron chi connectivity index (χ3n) is 4.40. The molecule has 0 N–H and O–H groups in total. The second kappa shape index (κ2) is 8.34. The van der Waals surface area contributed by atoms with Gasteiger partial charge in [-0.15, -0.1) is 11.3 Å². The highest BCUT2D eigenvalue weighted by molar-refractivity contribution is 7.09. The molecule has 134 valence electrons. The van der Waals surface area contributed by atoms with Gasteiger partial charge in [-0.1, -0.05) is 6.07 Å². The first-order valence-corrected chi connectivity index (χ1v) is 9.47. The average molecular weight is 360 g/mol. The molecule has 25 heavy (non-hydrogen) atoms. The number of nitrogens with zero attached hydrogens (tertiary/aromatic N) is 2. The van der Waals surface area contributed by atoms with Crippen molar-refractivity contribution in [1.29, 1.82) is 0 Å². The van der Waals surface area contributed by atoms with Gasteiger partial charge in [0.2, 0.25) is 5.91 Å². The number of benzene rings is 1. The summed E-state index contributed by atoms with van der Waals surface area (Å²) in [4.78, 5) is 18.9. The molecule has 1 aliphatic heterocycles. The van der Waals surface area contributed by atoms with Crippen LogP contribution in [0.15, 0.2) is 29.6 Å². The van der Waals surface area contributed by atoms with Gasteiger partial charge in [-0.2, -0.15) is 0 Å². The van der Waals surface area contributed by atoms with Crippen molar-refractivity contribution in [2.45, 2.75) is 26.2 Å². The maximum atomic E-state index is 12.5. The zero-order valence-corrected chi connectivity index (χ0v) is 15.6. The van der Waals surface area contributed by atoms with Crippen molar-refractivity contribution in [3.8, 4) is 11.5 Å². The van der Waals surface area contributed by atoms with Crippen LogP contribution < -0.4 is 9.47 Å². The SMILES string of the molecule is COc1cccc(OC[C@@H]2CCCN(C(=O)Cc3csc(C)n3)C2)c1. The summed E-state index contributed by atoms with van der Waals surface area (Å²) in [5.74, 6) is 2.12. The largest absolute Gasteiger partial charge is 0.497 e. The van der Waals surface area contributed by atoms with Gasteiger partial charge >= 0.3 is 0 Å². The molecule has 5 nitrogen and oxygen atoms in total. The average Bonchev–Trinajstić information content (AvgIpc) is 3.05. The molecule has 1 aliphatic rings. The van der Waals surface area contributed by atoms with Gasteiger partial charge in [0.1, 0.15) is 11.5 Å². The van der Waals surface area contributed by atoms with E-state index in [2.05, 4.69) is 4.98 Å². The molecule has 0 saturated carbocycles. The van der Waals surface area contributed by atoms with Crippen LogP contribution in [0, 0.1) is 12.8 Å². The molecule has 0 radical (unpaired) electrons. The number of ether oxygens (including phenoxy) is 2. The minimum atomic E-state index is 0.163. The summed E-state index contributed by atoms with van der Waals surface area (Å²) in [5, 5.41) is 2.98. The fraction of sp³-hybridized carbons (Fsp3) is 0.474. The summed E-state index contributed by atoms with van der Waals surface area (Å²) >= 11 is 1.59. The van der Waals surface area contributed by atoms with Gasteiger partial charge in [-0.3, -0.25) is 4.79 Å². The Morgan fingerprint density at radius 3 is 3.00 bits per heavy atom. The number of rotatable bonds is 6. The van der Waals surface area contributed by atoms with Crippen LogP contribution in [0.5, 0.6) is 11.5 Å². The number of hydrogen-bond acceptors (Lipinski definition) is 5. The van der Waals surface area contributed by atoms with Crippen LogP contribution in [0.4, 0.5) is 0 Å². The third-order valence-corrected chi connectivity index (χ3v) is 5.22. The highest BCUT2D eigenvalue weighted by Crippen LogP contribution is 2.22. The van der Waals surface area contributed by atoms with Crippen LogP contribution in [0.2, 0.25) is 0 Å². The Morgan fingerprint density at radius 2 is 2.24 bits per heavy atom. The van der Waals surface area contributed by atoms with E-state index < -0.39 is 0 Å². The molecular formula is C19H24N2O3S. The lowest BCUT2D eigenvalue weighted by atomic mass is 9.98. The van der Waals surface area contributed by atoms with Gasteiger partial charge in [0.25, 0.3) is 0 Å². The first kappa shape index (κ1) is 17.7. The molecule has 1 aromatic heterocycles. The van der Waals surface area contributed by atoms with Crippen LogP contribution in [-0.4, -0.2) is 42.6 Å². The Morgan fingerprint density at radius 1 is 1.40 bits per heavy atom. The molecule has 2 aromatic rings. The number of amides is 1. The Bertz CT molecular complexity index is 716. The predicted molar refractivity (Wildman–Crippen MR) is 98.3 cm³/mol. The fourth-order valence-corrected chi connectivity index (χ4v) is 3.70. The van der Waals surface area contributed by atoms with Crippen LogP contribution in [0.1, 0.15) is 23.5 Å². The Labute approximate surface area is 152 Å². The molecular weight excluding hydrogens is 336 g/mol. The molecule has 0 aliphatic carbocycles. The number of likely N-dealkylation sites (tertiary alicyclic amines) is 1. The molecule has 2 heterocycles. The summed E-state index contributed by atoms with van der Waals surface area (Å²) in [6.07, 6.45) is 2.51. The maximum Gasteiger partial charge on any atom is 0.228 e. The molecule has 1 atom stereocenters. The standard InChI is InChI=1S/C19H24N2O3S/c1-14-20-16(13-25-14)9-19(22)21-8-4-5-15(11-21)12-24-18-7-3-6-17(10-18)23-2/h3,6-7,10,13,15H,4-5,8-9,11-12H2,1-2H3/t15-/m1/s1. The van der Waals surface area contributed by atoms with Crippen molar-refractivity contribution >= 4 is 17.2 Å². The predicted octanol–water partition coefficient (Wildman–Crippen LogP) is 3.32. The number of aryl methyl sites for hydroxylation is 1. The van der Waals surface area contributed by atoms with Gasteiger partial charge < -0.3 is 14.4 Å². The molecule has 1 saturated heterocycles. The van der Waals surface area contributed by atoms with Crippen LogP contribution >= 0.6 is 11.3 Å². The lowest BCUT2D eigenvalue weighted by Crippen LogP contribution is -2.42. The van der Waals surface area contributed by atoms with E-state index >= 15 is 0 Å². The Kier molecular flexibility index (Phi) is 5.91. The molecule has 1 amide bonds. The van der Waals surface area contributed by atoms with Crippen molar-refractivity contribution in [1.82, 2.24) is 9.88 Å². The monoisotopic (exact) mass is 360 g/mol. The number of methoxy groups -OCH3 is 1. The highest BCUT2D eigenvalue weighted by Gasteiger charge is 2.24. The van der Waals surface area contributed by atoms with Crippen LogP contribution in [0.3, 0.4) is 0 Å². The number of piperidine rings is 1. The quantitative estimate of drug-likeness (QED) is 0.793. The maximum absolute atomic E-state index is 12.5. The molecule has 6 heteroatoms. The van der Waals surface area contributed by atoms with E-state index in [1.54, 1.807) is 18.4 Å². The molecule has 0 bridgehead atoms. The van der Waals surface area contributed by atoms with Gasteiger partial charge in [0, 0.05) is 30.5 Å². The summed E-state index contributed by atoms with van der Waals surface area (Å²) in [5.41, 5.74) is 0.877. The van der Waals surface area contributed by atoms with E-state index in [1.807, 2.05) is 41.5 Å². The van der Waals surface area contributed by atoms with E-state index in [9.17, 15) is 4.79 Å². The minimum absolute atomic E-state index is 0.163. The minimum Gasteiger partial charge on any atom is -0.497 e. The normalized spacial score (nSPS) is 17.4. The number of carbonyl (C=O) groups is 1. The van der Waals surface area contributed by atoms with Crippen LogP contribution in [-0.2, 0) is 11.2 Å². The Hall–Kier alpha value is -2.08. The van der Waals surface area contributed by atoms with E-state index in [-0.39, 0.29) is 5.91 Å². The van der Waals surface area contributed by atoms with E-state index in [4.69, 9.17) is 9.47 Å².